The van der Waals surface area contributed by atoms with Crippen LogP contribution in [0, 0.1) is 5.92 Å². The maximum atomic E-state index is 6.77. The van der Waals surface area contributed by atoms with Crippen LogP contribution in [0.25, 0.3) is 0 Å². The molecular formula is C25H24ClNO. The number of rotatable bonds is 4. The normalized spacial score (nSPS) is 25.8. The van der Waals surface area contributed by atoms with Crippen LogP contribution in [0.5, 0.6) is 0 Å². The van der Waals surface area contributed by atoms with Crippen molar-refractivity contribution in [1.29, 1.82) is 0 Å². The van der Waals surface area contributed by atoms with Gasteiger partial charge in [-0.25, -0.2) is 4.99 Å². The Kier molecular flexibility index (Phi) is 5.34. The van der Waals surface area contributed by atoms with E-state index >= 15 is 0 Å². The average Bonchev–Trinajstić information content (AvgIpc) is 2.76. The molecule has 0 fully saturated rings. The van der Waals surface area contributed by atoms with E-state index in [0.29, 0.717) is 0 Å². The van der Waals surface area contributed by atoms with Gasteiger partial charge in [0.1, 0.15) is 0 Å². The molecule has 3 heteroatoms. The summed E-state index contributed by atoms with van der Waals surface area (Å²) >= 11 is 6.77. The van der Waals surface area contributed by atoms with Crippen molar-refractivity contribution in [1.82, 2.24) is 0 Å². The minimum Gasteiger partial charge on any atom is -0.339 e. The number of alkyl halides is 1. The third kappa shape index (κ3) is 3.39. The summed E-state index contributed by atoms with van der Waals surface area (Å²) in [5.41, 5.74) is 3.30. The van der Waals surface area contributed by atoms with Gasteiger partial charge in [0.15, 0.2) is 0 Å². The molecule has 0 saturated heterocycles. The molecular weight excluding hydrogens is 366 g/mol. The molecule has 0 aromatic heterocycles. The van der Waals surface area contributed by atoms with Crippen molar-refractivity contribution < 1.29 is 4.74 Å². The molecule has 0 N–H and O–H groups in total. The van der Waals surface area contributed by atoms with Gasteiger partial charge in [-0.2, -0.15) is 0 Å². The van der Waals surface area contributed by atoms with Gasteiger partial charge in [-0.3, -0.25) is 0 Å². The summed E-state index contributed by atoms with van der Waals surface area (Å²) in [7, 11) is 0. The van der Waals surface area contributed by atoms with Gasteiger partial charge in [-0.05, 0) is 18.1 Å². The molecule has 4 atom stereocenters. The highest BCUT2D eigenvalue weighted by atomic mass is 35.5. The van der Waals surface area contributed by atoms with E-state index in [0.717, 1.165) is 22.4 Å². The number of nitrogens with zero attached hydrogens (tertiary/aromatic N) is 1. The van der Waals surface area contributed by atoms with E-state index in [2.05, 4.69) is 31.2 Å². The third-order valence-electron chi connectivity index (χ3n) is 5.40. The van der Waals surface area contributed by atoms with Crippen LogP contribution in [0.4, 0.5) is 0 Å². The van der Waals surface area contributed by atoms with Crippen LogP contribution >= 0.6 is 11.6 Å². The molecule has 0 amide bonds. The van der Waals surface area contributed by atoms with E-state index in [-0.39, 0.29) is 17.4 Å². The molecule has 0 spiro atoms. The highest BCUT2D eigenvalue weighted by molar-refractivity contribution is 6.21. The van der Waals surface area contributed by atoms with Gasteiger partial charge < -0.3 is 4.74 Å². The molecule has 3 aromatic carbocycles. The molecule has 1 aliphatic heterocycles. The first-order chi connectivity index (χ1) is 13.6. The van der Waals surface area contributed by atoms with E-state index < -0.39 is 5.72 Å². The number of ether oxygens (including phenoxy) is 1. The largest absolute Gasteiger partial charge is 0.339 e. The maximum Gasteiger partial charge on any atom is 0.201 e. The maximum absolute atomic E-state index is 6.77. The summed E-state index contributed by atoms with van der Waals surface area (Å²) in [6.45, 7) is 4.13. The van der Waals surface area contributed by atoms with Gasteiger partial charge >= 0.3 is 0 Å². The van der Waals surface area contributed by atoms with Gasteiger partial charge in [0, 0.05) is 11.5 Å². The van der Waals surface area contributed by atoms with E-state index in [1.54, 1.807) is 0 Å². The van der Waals surface area contributed by atoms with Crippen molar-refractivity contribution in [3.05, 3.63) is 108 Å². The van der Waals surface area contributed by atoms with E-state index in [9.17, 15) is 0 Å². The summed E-state index contributed by atoms with van der Waals surface area (Å²) < 4.78 is 6.75. The van der Waals surface area contributed by atoms with Crippen LogP contribution in [-0.4, -0.2) is 11.1 Å². The lowest BCUT2D eigenvalue weighted by atomic mass is 9.85. The number of halogens is 1. The molecule has 1 unspecified atom stereocenters. The highest BCUT2D eigenvalue weighted by Gasteiger charge is 2.47. The van der Waals surface area contributed by atoms with Gasteiger partial charge in [0.2, 0.25) is 5.72 Å². The molecule has 0 radical (unpaired) electrons. The Morgan fingerprint density at radius 1 is 0.857 bits per heavy atom. The molecule has 1 aliphatic rings. The average molecular weight is 390 g/mol. The smallest absolute Gasteiger partial charge is 0.201 e. The van der Waals surface area contributed by atoms with Crippen molar-refractivity contribution in [3.8, 4) is 0 Å². The van der Waals surface area contributed by atoms with Crippen molar-refractivity contribution >= 4 is 17.3 Å². The Morgan fingerprint density at radius 3 is 1.96 bits per heavy atom. The third-order valence-corrected chi connectivity index (χ3v) is 5.70. The van der Waals surface area contributed by atoms with Crippen LogP contribution < -0.4 is 0 Å². The molecule has 3 aromatic rings. The van der Waals surface area contributed by atoms with Crippen LogP contribution in [0.15, 0.2) is 96.0 Å². The van der Waals surface area contributed by atoms with Crippen LogP contribution in [0.2, 0.25) is 0 Å². The zero-order valence-corrected chi connectivity index (χ0v) is 16.9. The Balaban J connectivity index is 1.93. The summed E-state index contributed by atoms with van der Waals surface area (Å²) in [6.07, 6.45) is -0.143. The zero-order chi connectivity index (χ0) is 19.6. The van der Waals surface area contributed by atoms with E-state index in [4.69, 9.17) is 21.3 Å². The predicted octanol–water partition coefficient (Wildman–Crippen LogP) is 6.36. The number of aliphatic imine (C=N–C) groups is 1. The SMILES string of the molecule is CC(Cl)[C@]1(c2ccccc2)N=C(c2ccccc2)[C@H](C)[C@H](c2ccccc2)O1. The fourth-order valence-corrected chi connectivity index (χ4v) is 4.13. The van der Waals surface area contributed by atoms with Crippen molar-refractivity contribution in [3.63, 3.8) is 0 Å². The Hall–Kier alpha value is -2.42. The Bertz CT molecular complexity index is 940. The summed E-state index contributed by atoms with van der Waals surface area (Å²) in [5, 5.41) is -0.340. The van der Waals surface area contributed by atoms with Gasteiger partial charge in [-0.15, -0.1) is 11.6 Å². The first kappa shape index (κ1) is 18.9. The molecule has 0 aliphatic carbocycles. The topological polar surface area (TPSA) is 21.6 Å². The van der Waals surface area contributed by atoms with Crippen molar-refractivity contribution in [2.45, 2.75) is 31.1 Å². The standard InChI is InChI=1S/C25H24ClNO/c1-18-23(20-12-6-3-7-13-20)27-25(19(2)26,22-16-10-5-11-17-22)28-24(18)21-14-8-4-9-15-21/h3-19,24H,1-2H3/t18-,19?,24+,25-/m0/s1. The summed E-state index contributed by atoms with van der Waals surface area (Å²) in [6, 6.07) is 30.8. The number of hydrogen-bond donors (Lipinski definition) is 0. The predicted molar refractivity (Wildman–Crippen MR) is 116 cm³/mol. The second kappa shape index (κ2) is 7.90. The second-order valence-corrected chi connectivity index (χ2v) is 7.93. The van der Waals surface area contributed by atoms with Gasteiger partial charge in [0.05, 0.1) is 17.2 Å². The minimum atomic E-state index is -0.943. The molecule has 1 heterocycles. The number of hydrogen-bond acceptors (Lipinski definition) is 2. The first-order valence-corrected chi connectivity index (χ1v) is 10.1. The van der Waals surface area contributed by atoms with E-state index in [1.165, 1.54) is 0 Å². The molecule has 142 valence electrons. The quantitative estimate of drug-likeness (QED) is 0.475. The first-order valence-electron chi connectivity index (χ1n) is 9.69. The van der Waals surface area contributed by atoms with Gasteiger partial charge in [0.25, 0.3) is 0 Å². The van der Waals surface area contributed by atoms with Crippen LogP contribution in [-0.2, 0) is 10.5 Å². The van der Waals surface area contributed by atoms with Crippen molar-refractivity contribution in [2.75, 3.05) is 0 Å². The van der Waals surface area contributed by atoms with Gasteiger partial charge in [-0.1, -0.05) is 97.9 Å². The minimum absolute atomic E-state index is 0.0945. The van der Waals surface area contributed by atoms with Crippen LogP contribution in [0.3, 0.4) is 0 Å². The lowest BCUT2D eigenvalue weighted by molar-refractivity contribution is -0.118. The number of benzene rings is 3. The second-order valence-electron chi connectivity index (χ2n) is 7.28. The molecule has 0 saturated carbocycles. The fourth-order valence-electron chi connectivity index (χ4n) is 3.90. The Labute approximate surface area is 171 Å². The molecule has 4 rings (SSSR count). The molecule has 28 heavy (non-hydrogen) atoms. The van der Waals surface area contributed by atoms with Crippen LogP contribution in [0.1, 0.15) is 36.6 Å². The highest BCUT2D eigenvalue weighted by Crippen LogP contribution is 2.46. The van der Waals surface area contributed by atoms with E-state index in [1.807, 2.05) is 73.7 Å². The molecule has 0 bridgehead atoms. The lowest BCUT2D eigenvalue weighted by Gasteiger charge is -2.44. The summed E-state index contributed by atoms with van der Waals surface area (Å²) in [4.78, 5) is 5.17. The Morgan fingerprint density at radius 2 is 1.39 bits per heavy atom. The fraction of sp³-hybridized carbons (Fsp3) is 0.240. The monoisotopic (exact) mass is 389 g/mol. The summed E-state index contributed by atoms with van der Waals surface area (Å²) in [5.74, 6) is 0.0945. The van der Waals surface area contributed by atoms with Crippen molar-refractivity contribution in [2.24, 2.45) is 10.9 Å². The zero-order valence-electron chi connectivity index (χ0n) is 16.1. The lowest BCUT2D eigenvalue weighted by Crippen LogP contribution is -2.45. The molecule has 2 nitrogen and oxygen atoms in total.